The monoisotopic (exact) mass is 213 g/mol. The summed E-state index contributed by atoms with van der Waals surface area (Å²) in [7, 11) is 0. The van der Waals surface area contributed by atoms with Gasteiger partial charge in [-0.15, -0.1) is 11.6 Å². The van der Waals surface area contributed by atoms with Crippen LogP contribution in [0.15, 0.2) is 24.3 Å². The molecule has 5 heteroatoms. The number of phenolic OH excluding ortho intramolecular Hbond substituents is 1. The highest BCUT2D eigenvalue weighted by Crippen LogP contribution is 2.26. The van der Waals surface area contributed by atoms with Crippen molar-refractivity contribution in [1.82, 2.24) is 0 Å². The molecule has 0 spiro atoms. The Morgan fingerprint density at radius 3 is 2.86 bits per heavy atom. The fraction of sp³-hybridized carbons (Fsp3) is 0.111. The van der Waals surface area contributed by atoms with E-state index in [1.54, 1.807) is 18.2 Å². The first-order valence-electron chi connectivity index (χ1n) is 3.85. The lowest BCUT2D eigenvalue weighted by Crippen LogP contribution is -1.88. The maximum absolute atomic E-state index is 10.4. The summed E-state index contributed by atoms with van der Waals surface area (Å²) >= 11 is 5.41. The first-order valence-corrected chi connectivity index (χ1v) is 4.38. The Kier molecular flexibility index (Phi) is 3.48. The molecule has 0 aromatic heterocycles. The van der Waals surface area contributed by atoms with Gasteiger partial charge in [-0.3, -0.25) is 10.1 Å². The molecule has 0 aliphatic heterocycles. The van der Waals surface area contributed by atoms with Gasteiger partial charge in [-0.1, -0.05) is 18.2 Å². The minimum atomic E-state index is -0.632. The minimum Gasteiger partial charge on any atom is -0.502 e. The van der Waals surface area contributed by atoms with Gasteiger partial charge in [0.1, 0.15) is 0 Å². The second kappa shape index (κ2) is 4.62. The van der Waals surface area contributed by atoms with Crippen LogP contribution in [0.4, 0.5) is 5.69 Å². The third-order valence-corrected chi connectivity index (χ3v) is 1.77. The van der Waals surface area contributed by atoms with Gasteiger partial charge in [0, 0.05) is 11.9 Å². The molecular formula is C9H8ClNO3. The van der Waals surface area contributed by atoms with Gasteiger partial charge in [0.05, 0.1) is 4.92 Å². The maximum Gasteiger partial charge on any atom is 0.311 e. The number of aromatic hydroxyl groups is 1. The first kappa shape index (κ1) is 10.5. The van der Waals surface area contributed by atoms with Crippen molar-refractivity contribution in [3.8, 4) is 5.75 Å². The van der Waals surface area contributed by atoms with Gasteiger partial charge >= 0.3 is 5.69 Å². The zero-order valence-corrected chi connectivity index (χ0v) is 7.94. The molecule has 0 saturated heterocycles. The average Bonchev–Trinajstić information content (AvgIpc) is 2.16. The molecule has 1 aromatic carbocycles. The number of nitro groups is 1. The van der Waals surface area contributed by atoms with Crippen molar-refractivity contribution in [2.24, 2.45) is 0 Å². The SMILES string of the molecule is O=[N+]([O-])c1cc(/C=C/CCl)ccc1O. The molecule has 0 bridgehead atoms. The first-order chi connectivity index (χ1) is 6.65. The largest absolute Gasteiger partial charge is 0.502 e. The van der Waals surface area contributed by atoms with Crippen LogP contribution in [-0.2, 0) is 0 Å². The highest BCUT2D eigenvalue weighted by atomic mass is 35.5. The number of alkyl halides is 1. The fourth-order valence-corrected chi connectivity index (χ4v) is 1.06. The predicted octanol–water partition coefficient (Wildman–Crippen LogP) is 2.55. The molecular weight excluding hydrogens is 206 g/mol. The van der Waals surface area contributed by atoms with Crippen LogP contribution in [0.25, 0.3) is 6.08 Å². The Balaban J connectivity index is 3.06. The van der Waals surface area contributed by atoms with Gasteiger partial charge in [0.25, 0.3) is 0 Å². The second-order valence-corrected chi connectivity index (χ2v) is 2.87. The predicted molar refractivity (Wildman–Crippen MR) is 54.5 cm³/mol. The molecule has 1 rings (SSSR count). The number of phenols is 1. The molecule has 4 nitrogen and oxygen atoms in total. The van der Waals surface area contributed by atoms with Crippen molar-refractivity contribution in [2.75, 3.05) is 5.88 Å². The zero-order chi connectivity index (χ0) is 10.6. The summed E-state index contributed by atoms with van der Waals surface area (Å²) in [4.78, 5) is 9.81. The number of nitro benzene ring substituents is 1. The lowest BCUT2D eigenvalue weighted by Gasteiger charge is -1.97. The number of allylic oxidation sites excluding steroid dienone is 1. The summed E-state index contributed by atoms with van der Waals surface area (Å²) in [5, 5.41) is 19.6. The van der Waals surface area contributed by atoms with Gasteiger partial charge in [-0.2, -0.15) is 0 Å². The van der Waals surface area contributed by atoms with E-state index in [-0.39, 0.29) is 11.4 Å². The number of hydrogen-bond donors (Lipinski definition) is 1. The number of rotatable bonds is 3. The van der Waals surface area contributed by atoms with Crippen LogP contribution in [0.1, 0.15) is 5.56 Å². The lowest BCUT2D eigenvalue weighted by molar-refractivity contribution is -0.385. The smallest absolute Gasteiger partial charge is 0.311 e. The highest BCUT2D eigenvalue weighted by molar-refractivity contribution is 6.19. The molecule has 0 atom stereocenters. The zero-order valence-electron chi connectivity index (χ0n) is 7.18. The second-order valence-electron chi connectivity index (χ2n) is 2.56. The highest BCUT2D eigenvalue weighted by Gasteiger charge is 2.12. The van der Waals surface area contributed by atoms with Gasteiger partial charge in [0.15, 0.2) is 5.75 Å². The molecule has 0 fully saturated rings. The Bertz CT molecular complexity index is 376. The van der Waals surface area contributed by atoms with E-state index in [2.05, 4.69) is 0 Å². The molecule has 1 aromatic rings. The van der Waals surface area contributed by atoms with E-state index in [0.29, 0.717) is 11.4 Å². The van der Waals surface area contributed by atoms with Crippen LogP contribution < -0.4 is 0 Å². The summed E-state index contributed by atoms with van der Waals surface area (Å²) in [5.74, 6) is 0.00678. The lowest BCUT2D eigenvalue weighted by atomic mass is 10.2. The van der Waals surface area contributed by atoms with Crippen molar-refractivity contribution in [1.29, 1.82) is 0 Å². The van der Waals surface area contributed by atoms with Crippen LogP contribution in [-0.4, -0.2) is 15.9 Å². The van der Waals surface area contributed by atoms with Gasteiger partial charge in [0.2, 0.25) is 0 Å². The van der Waals surface area contributed by atoms with Crippen molar-refractivity contribution in [2.45, 2.75) is 0 Å². The van der Waals surface area contributed by atoms with Gasteiger partial charge in [-0.25, -0.2) is 0 Å². The molecule has 0 aliphatic rings. The summed E-state index contributed by atoms with van der Waals surface area (Å²) in [5.41, 5.74) is 0.330. The molecule has 14 heavy (non-hydrogen) atoms. The fourth-order valence-electron chi connectivity index (χ4n) is 0.971. The van der Waals surface area contributed by atoms with Crippen LogP contribution in [0.5, 0.6) is 5.75 Å². The van der Waals surface area contributed by atoms with Crippen LogP contribution >= 0.6 is 11.6 Å². The molecule has 0 radical (unpaired) electrons. The normalized spacial score (nSPS) is 10.6. The quantitative estimate of drug-likeness (QED) is 0.477. The maximum atomic E-state index is 10.4. The molecule has 74 valence electrons. The Labute approximate surface area is 85.6 Å². The third kappa shape index (κ3) is 2.47. The van der Waals surface area contributed by atoms with E-state index >= 15 is 0 Å². The van der Waals surface area contributed by atoms with Crippen LogP contribution in [0.2, 0.25) is 0 Å². The Hall–Kier alpha value is -1.55. The average molecular weight is 214 g/mol. The minimum absolute atomic E-state index is 0.304. The van der Waals surface area contributed by atoms with E-state index in [1.807, 2.05) is 0 Å². The topological polar surface area (TPSA) is 63.4 Å². The molecule has 0 aliphatic carbocycles. The molecule has 1 N–H and O–H groups in total. The van der Waals surface area contributed by atoms with E-state index < -0.39 is 4.92 Å². The molecule has 0 heterocycles. The summed E-state index contributed by atoms with van der Waals surface area (Å²) in [6.07, 6.45) is 3.32. The number of nitrogens with zero attached hydrogens (tertiary/aromatic N) is 1. The van der Waals surface area contributed by atoms with Gasteiger partial charge in [-0.05, 0) is 11.6 Å². The van der Waals surface area contributed by atoms with Crippen molar-refractivity contribution < 1.29 is 10.0 Å². The van der Waals surface area contributed by atoms with Crippen LogP contribution in [0.3, 0.4) is 0 Å². The standard InChI is InChI=1S/C9H8ClNO3/c10-5-1-2-7-3-4-9(12)8(6-7)11(13)14/h1-4,6,12H,5H2/b2-1+. The summed E-state index contributed by atoms with van der Waals surface area (Å²) < 4.78 is 0. The summed E-state index contributed by atoms with van der Waals surface area (Å²) in [6, 6.07) is 4.15. The third-order valence-electron chi connectivity index (χ3n) is 1.60. The van der Waals surface area contributed by atoms with E-state index in [4.69, 9.17) is 16.7 Å². The number of hydrogen-bond acceptors (Lipinski definition) is 3. The van der Waals surface area contributed by atoms with E-state index in [0.717, 1.165) is 0 Å². The number of benzene rings is 1. The Morgan fingerprint density at radius 2 is 2.29 bits per heavy atom. The molecule has 0 amide bonds. The summed E-state index contributed by atoms with van der Waals surface area (Å²) in [6.45, 7) is 0. The molecule has 0 unspecified atom stereocenters. The van der Waals surface area contributed by atoms with Crippen molar-refractivity contribution in [3.05, 3.63) is 40.0 Å². The van der Waals surface area contributed by atoms with Crippen molar-refractivity contribution in [3.63, 3.8) is 0 Å². The van der Waals surface area contributed by atoms with Gasteiger partial charge < -0.3 is 5.11 Å². The number of halogens is 1. The van der Waals surface area contributed by atoms with E-state index in [9.17, 15) is 10.1 Å². The molecule has 0 saturated carbocycles. The van der Waals surface area contributed by atoms with Crippen molar-refractivity contribution >= 4 is 23.4 Å². The Morgan fingerprint density at radius 1 is 1.57 bits per heavy atom. The van der Waals surface area contributed by atoms with E-state index in [1.165, 1.54) is 12.1 Å². The van der Waals surface area contributed by atoms with Crippen LogP contribution in [0, 0.1) is 10.1 Å².